The van der Waals surface area contributed by atoms with Crippen LogP contribution in [0.4, 0.5) is 0 Å². The summed E-state index contributed by atoms with van der Waals surface area (Å²) in [6.07, 6.45) is 4.79. The zero-order chi connectivity index (χ0) is 24.9. The molecule has 2 heterocycles. The second-order valence-corrected chi connectivity index (χ2v) is 8.82. The molecule has 2 fully saturated rings. The van der Waals surface area contributed by atoms with E-state index in [0.717, 1.165) is 31.5 Å². The molecule has 0 aliphatic carbocycles. The molecular weight excluding hydrogens is 466 g/mol. The molecule has 0 radical (unpaired) electrons. The van der Waals surface area contributed by atoms with Crippen LogP contribution in [-0.4, -0.2) is 59.9 Å². The molecule has 8 nitrogen and oxygen atoms in total. The van der Waals surface area contributed by atoms with Gasteiger partial charge >= 0.3 is 0 Å². The van der Waals surface area contributed by atoms with Crippen LogP contribution < -0.4 is 14.8 Å². The number of likely N-dealkylation sites (N-methyl/N-ethyl adjacent to an activating group) is 1. The first-order chi connectivity index (χ1) is 16.9. The quantitative estimate of drug-likeness (QED) is 0.378. The number of hydrogen-bond donors (Lipinski definition) is 1. The van der Waals surface area contributed by atoms with Crippen LogP contribution in [0.3, 0.4) is 0 Å². The Balaban J connectivity index is 1.43. The zero-order valence-electron chi connectivity index (χ0n) is 19.7. The minimum absolute atomic E-state index is 0.0176. The third-order valence-corrected chi connectivity index (χ3v) is 6.42. The summed E-state index contributed by atoms with van der Waals surface area (Å²) < 4.78 is 11.4. The summed E-state index contributed by atoms with van der Waals surface area (Å²) in [7, 11) is 3.02. The topological polar surface area (TPSA) is 88.2 Å². The lowest BCUT2D eigenvalue weighted by atomic mass is 10.1. The van der Waals surface area contributed by atoms with E-state index in [9.17, 15) is 14.4 Å². The van der Waals surface area contributed by atoms with E-state index < -0.39 is 11.8 Å². The fraction of sp³-hybridized carbons (Fsp3) is 0.308. The molecule has 0 unspecified atom stereocenters. The Kier molecular flexibility index (Phi) is 7.45. The van der Waals surface area contributed by atoms with Crippen molar-refractivity contribution in [2.24, 2.45) is 0 Å². The monoisotopic (exact) mass is 493 g/mol. The maximum absolute atomic E-state index is 12.6. The molecule has 2 aliphatic rings. The van der Waals surface area contributed by atoms with E-state index in [-0.39, 0.29) is 23.2 Å². The Bertz CT molecular complexity index is 1190. The van der Waals surface area contributed by atoms with E-state index >= 15 is 0 Å². The van der Waals surface area contributed by atoms with Gasteiger partial charge in [-0.1, -0.05) is 18.2 Å². The zero-order valence-corrected chi connectivity index (χ0v) is 20.5. The largest absolute Gasteiger partial charge is 0.493 e. The molecule has 9 heteroatoms. The number of rotatable bonds is 6. The van der Waals surface area contributed by atoms with E-state index in [1.54, 1.807) is 18.2 Å². The van der Waals surface area contributed by atoms with Crippen molar-refractivity contribution in [3.05, 3.63) is 64.7 Å². The van der Waals surface area contributed by atoms with Crippen molar-refractivity contribution in [1.29, 1.82) is 0 Å². The van der Waals surface area contributed by atoms with Gasteiger partial charge in [0.15, 0.2) is 16.6 Å². The summed E-state index contributed by atoms with van der Waals surface area (Å²) in [6, 6.07) is 12.6. The van der Waals surface area contributed by atoms with Gasteiger partial charge in [0.05, 0.1) is 7.11 Å². The number of amides is 3. The number of hydrogen-bond acceptors (Lipinski definition) is 6. The van der Waals surface area contributed by atoms with Crippen molar-refractivity contribution < 1.29 is 23.9 Å². The number of carbonyl (C=O) groups excluding carboxylic acids is 3. The molecule has 0 aromatic heterocycles. The average Bonchev–Trinajstić information content (AvgIpc) is 2.89. The number of nitrogens with zero attached hydrogens (tertiary/aromatic N) is 2. The molecule has 0 atom stereocenters. The first-order valence-electron chi connectivity index (χ1n) is 11.4. The van der Waals surface area contributed by atoms with Crippen molar-refractivity contribution in [3.63, 3.8) is 0 Å². The number of carbonyl (C=O) groups is 3. The maximum atomic E-state index is 12.6. The number of ether oxygens (including phenoxy) is 2. The number of likely N-dealkylation sites (tertiary alicyclic amines) is 1. The van der Waals surface area contributed by atoms with Crippen LogP contribution in [0.15, 0.2) is 48.0 Å². The highest BCUT2D eigenvalue weighted by Gasteiger charge is 2.30. The van der Waals surface area contributed by atoms with Crippen LogP contribution in [0.1, 0.15) is 40.7 Å². The van der Waals surface area contributed by atoms with E-state index in [2.05, 4.69) is 5.32 Å². The highest BCUT2D eigenvalue weighted by Crippen LogP contribution is 2.30. The van der Waals surface area contributed by atoms with Gasteiger partial charge < -0.3 is 14.4 Å². The Hall–Kier alpha value is -3.72. The molecule has 2 aromatic rings. The summed E-state index contributed by atoms with van der Waals surface area (Å²) in [4.78, 5) is 40.4. The number of benzene rings is 2. The van der Waals surface area contributed by atoms with Gasteiger partial charge in [0.1, 0.15) is 12.2 Å². The van der Waals surface area contributed by atoms with Gasteiger partial charge in [-0.05, 0) is 72.9 Å². The maximum Gasteiger partial charge on any atom is 0.265 e. The summed E-state index contributed by atoms with van der Waals surface area (Å²) in [5.41, 5.74) is 2.18. The van der Waals surface area contributed by atoms with E-state index in [1.165, 1.54) is 31.6 Å². The predicted molar refractivity (Wildman–Crippen MR) is 135 cm³/mol. The first kappa shape index (κ1) is 24.4. The molecule has 0 bridgehead atoms. The Labute approximate surface area is 209 Å². The highest BCUT2D eigenvalue weighted by molar-refractivity contribution is 7.80. The number of piperidine rings is 1. The van der Waals surface area contributed by atoms with Crippen molar-refractivity contribution in [3.8, 4) is 11.5 Å². The Morgan fingerprint density at radius 1 is 1.06 bits per heavy atom. The minimum Gasteiger partial charge on any atom is -0.493 e. The number of nitrogens with one attached hydrogen (secondary N) is 1. The third kappa shape index (κ3) is 5.51. The van der Waals surface area contributed by atoms with E-state index in [4.69, 9.17) is 21.7 Å². The van der Waals surface area contributed by atoms with E-state index in [0.29, 0.717) is 22.6 Å². The van der Waals surface area contributed by atoms with E-state index in [1.807, 2.05) is 29.2 Å². The molecular formula is C26H27N3O5S. The molecule has 35 heavy (non-hydrogen) atoms. The van der Waals surface area contributed by atoms with Crippen molar-refractivity contribution >= 4 is 41.1 Å². The van der Waals surface area contributed by atoms with Gasteiger partial charge in [-0.2, -0.15) is 0 Å². The lowest BCUT2D eigenvalue weighted by molar-refractivity contribution is -0.128. The van der Waals surface area contributed by atoms with Crippen molar-refractivity contribution in [2.45, 2.75) is 25.9 Å². The first-order valence-corrected chi connectivity index (χ1v) is 11.8. The molecule has 2 saturated heterocycles. The van der Waals surface area contributed by atoms with Crippen LogP contribution in [0.2, 0.25) is 0 Å². The lowest BCUT2D eigenvalue weighted by Crippen LogP contribution is -2.52. The average molecular weight is 494 g/mol. The van der Waals surface area contributed by atoms with Gasteiger partial charge in [0, 0.05) is 25.7 Å². The molecule has 2 aromatic carbocycles. The third-order valence-electron chi connectivity index (χ3n) is 6.04. The summed E-state index contributed by atoms with van der Waals surface area (Å²) in [6.45, 7) is 1.93. The van der Waals surface area contributed by atoms with Crippen molar-refractivity contribution in [1.82, 2.24) is 15.1 Å². The smallest absolute Gasteiger partial charge is 0.265 e. The fourth-order valence-corrected chi connectivity index (χ4v) is 4.17. The van der Waals surface area contributed by atoms with Crippen molar-refractivity contribution in [2.75, 3.05) is 27.2 Å². The number of thiocarbonyl (C=S) groups is 1. The van der Waals surface area contributed by atoms with Gasteiger partial charge in [0.2, 0.25) is 0 Å². The molecule has 0 spiro atoms. The van der Waals surface area contributed by atoms with Crippen LogP contribution in [0.25, 0.3) is 6.08 Å². The van der Waals surface area contributed by atoms with Crippen LogP contribution in [-0.2, 0) is 16.2 Å². The highest BCUT2D eigenvalue weighted by atomic mass is 32.1. The normalized spacial score (nSPS) is 17.4. The Morgan fingerprint density at radius 3 is 2.46 bits per heavy atom. The van der Waals surface area contributed by atoms with Crippen LogP contribution >= 0.6 is 12.2 Å². The minimum atomic E-state index is -0.542. The standard InChI is InChI=1S/C26H27N3O5S/c1-28-25(32)20(23(30)27-26(28)35)14-18-8-11-21(22(15-18)33-2)34-16-17-6-9-19(10-7-17)24(31)29-12-4-3-5-13-29/h6-11,14-15H,3-5,12-13,16H2,1-2H3,(H,27,30,35)/b20-14+. The molecule has 182 valence electrons. The fourth-order valence-electron chi connectivity index (χ4n) is 3.99. The SMILES string of the molecule is COc1cc(/C=C2\C(=O)NC(=S)N(C)C2=O)ccc1OCc1ccc(C(=O)N2CCCCC2)cc1. The second kappa shape index (κ2) is 10.7. The molecule has 1 N–H and O–H groups in total. The Morgan fingerprint density at radius 2 is 1.77 bits per heavy atom. The second-order valence-electron chi connectivity index (χ2n) is 8.43. The van der Waals surface area contributed by atoms with Gasteiger partial charge in [0.25, 0.3) is 17.7 Å². The van der Waals surface area contributed by atoms with Gasteiger partial charge in [-0.25, -0.2) is 0 Å². The summed E-state index contributed by atoms with van der Waals surface area (Å²) in [5, 5.41) is 2.56. The molecule has 3 amide bonds. The van der Waals surface area contributed by atoms with Gasteiger partial charge in [-0.15, -0.1) is 0 Å². The van der Waals surface area contributed by atoms with Crippen LogP contribution in [0.5, 0.6) is 11.5 Å². The van der Waals surface area contributed by atoms with Gasteiger partial charge in [-0.3, -0.25) is 24.6 Å². The molecule has 2 aliphatic heterocycles. The summed E-state index contributed by atoms with van der Waals surface area (Å²) in [5.74, 6) is 0.0335. The molecule has 4 rings (SSSR count). The summed E-state index contributed by atoms with van der Waals surface area (Å²) >= 11 is 4.97. The lowest BCUT2D eigenvalue weighted by Gasteiger charge is -2.26. The van der Waals surface area contributed by atoms with Crippen LogP contribution in [0, 0.1) is 0 Å². The number of methoxy groups -OCH3 is 1. The predicted octanol–water partition coefficient (Wildman–Crippen LogP) is 3.16. The molecule has 0 saturated carbocycles.